The van der Waals surface area contributed by atoms with E-state index in [4.69, 9.17) is 10.2 Å². The van der Waals surface area contributed by atoms with Gasteiger partial charge in [0.15, 0.2) is 0 Å². The third kappa shape index (κ3) is 0.877. The molecule has 2 N–H and O–H groups in total. The predicted octanol–water partition coefficient (Wildman–Crippen LogP) is 1.96. The Labute approximate surface area is 79.4 Å². The first-order valence-corrected chi connectivity index (χ1v) is 4.24. The maximum Gasteiger partial charge on any atom is 0.294 e. The third-order valence-corrected chi connectivity index (χ3v) is 2.16. The fourth-order valence-electron chi connectivity index (χ4n) is 1.54. The van der Waals surface area contributed by atoms with Gasteiger partial charge < -0.3 is 10.2 Å². The molecule has 0 atom stereocenters. The van der Waals surface area contributed by atoms with Crippen LogP contribution in [0.2, 0.25) is 0 Å². The summed E-state index contributed by atoms with van der Waals surface area (Å²) in [6.07, 6.45) is 1.75. The molecule has 0 unspecified atom stereocenters. The third-order valence-electron chi connectivity index (χ3n) is 2.16. The average Bonchev–Trinajstić information content (AvgIpc) is 2.59. The fourth-order valence-corrected chi connectivity index (χ4v) is 1.54. The molecule has 0 saturated carbocycles. The van der Waals surface area contributed by atoms with Crippen molar-refractivity contribution in [1.29, 1.82) is 0 Å². The number of anilines is 1. The lowest BCUT2D eigenvalue weighted by molar-refractivity contribution is 0.614. The molecule has 0 amide bonds. The molecule has 0 spiro atoms. The second kappa shape index (κ2) is 2.45. The van der Waals surface area contributed by atoms with Crippen molar-refractivity contribution in [1.82, 2.24) is 9.97 Å². The lowest BCUT2D eigenvalue weighted by atomic mass is 10.2. The molecule has 3 rings (SSSR count). The van der Waals surface area contributed by atoms with Crippen LogP contribution in [0.5, 0.6) is 0 Å². The Morgan fingerprint density at radius 1 is 1.21 bits per heavy atom. The molecular formula is C10H7N3O. The SMILES string of the molecule is Nc1nc2c(ncc3ccccc32)o1. The van der Waals surface area contributed by atoms with Crippen LogP contribution in [0, 0.1) is 0 Å². The molecule has 2 aromatic heterocycles. The van der Waals surface area contributed by atoms with Crippen LogP contribution in [-0.4, -0.2) is 9.97 Å². The van der Waals surface area contributed by atoms with Gasteiger partial charge in [0.1, 0.15) is 5.52 Å². The van der Waals surface area contributed by atoms with Gasteiger partial charge >= 0.3 is 0 Å². The lowest BCUT2D eigenvalue weighted by Gasteiger charge is -1.94. The Kier molecular flexibility index (Phi) is 1.28. The van der Waals surface area contributed by atoms with Crippen molar-refractivity contribution in [2.24, 2.45) is 0 Å². The highest BCUT2D eigenvalue weighted by molar-refractivity contribution is 6.01. The summed E-state index contributed by atoms with van der Waals surface area (Å²) in [6, 6.07) is 8.02. The van der Waals surface area contributed by atoms with Gasteiger partial charge in [-0.05, 0) is 0 Å². The van der Waals surface area contributed by atoms with E-state index >= 15 is 0 Å². The molecule has 0 aliphatic heterocycles. The molecule has 3 aromatic rings. The maximum atomic E-state index is 5.46. The number of benzene rings is 1. The number of oxazole rings is 1. The molecule has 4 nitrogen and oxygen atoms in total. The summed E-state index contributed by atoms with van der Waals surface area (Å²) < 4.78 is 5.13. The van der Waals surface area contributed by atoms with Crippen LogP contribution in [0.1, 0.15) is 0 Å². The van der Waals surface area contributed by atoms with E-state index in [2.05, 4.69) is 9.97 Å². The zero-order valence-electron chi connectivity index (χ0n) is 7.27. The topological polar surface area (TPSA) is 64.9 Å². The van der Waals surface area contributed by atoms with E-state index in [1.54, 1.807) is 6.20 Å². The highest BCUT2D eigenvalue weighted by Crippen LogP contribution is 2.23. The van der Waals surface area contributed by atoms with Gasteiger partial charge in [-0.3, -0.25) is 0 Å². The molecule has 0 aliphatic rings. The largest absolute Gasteiger partial charge is 0.405 e. The lowest BCUT2D eigenvalue weighted by Crippen LogP contribution is -1.81. The van der Waals surface area contributed by atoms with Crippen molar-refractivity contribution in [2.45, 2.75) is 0 Å². The Morgan fingerprint density at radius 3 is 3.00 bits per heavy atom. The highest BCUT2D eigenvalue weighted by Gasteiger charge is 2.07. The summed E-state index contributed by atoms with van der Waals surface area (Å²) in [5.41, 5.74) is 6.67. The second-order valence-corrected chi connectivity index (χ2v) is 3.05. The van der Waals surface area contributed by atoms with Crippen molar-refractivity contribution in [3.05, 3.63) is 30.5 Å². The molecule has 68 valence electrons. The minimum atomic E-state index is 0.156. The van der Waals surface area contributed by atoms with E-state index in [1.807, 2.05) is 24.3 Å². The number of nitrogens with zero attached hydrogens (tertiary/aromatic N) is 2. The highest BCUT2D eigenvalue weighted by atomic mass is 16.4. The second-order valence-electron chi connectivity index (χ2n) is 3.05. The molecule has 2 heterocycles. The molecule has 0 radical (unpaired) electrons. The van der Waals surface area contributed by atoms with Crippen molar-refractivity contribution in [3.63, 3.8) is 0 Å². The fraction of sp³-hybridized carbons (Fsp3) is 0. The Bertz CT molecular complexity index is 615. The summed E-state index contributed by atoms with van der Waals surface area (Å²) in [5.74, 6) is 0. The molecular weight excluding hydrogens is 178 g/mol. The van der Waals surface area contributed by atoms with Crippen LogP contribution in [0.25, 0.3) is 22.0 Å². The van der Waals surface area contributed by atoms with Crippen LogP contribution in [-0.2, 0) is 0 Å². The minimum Gasteiger partial charge on any atom is -0.405 e. The van der Waals surface area contributed by atoms with E-state index in [1.165, 1.54) is 0 Å². The van der Waals surface area contributed by atoms with E-state index in [9.17, 15) is 0 Å². The van der Waals surface area contributed by atoms with Crippen LogP contribution in [0.4, 0.5) is 6.01 Å². The Morgan fingerprint density at radius 2 is 2.07 bits per heavy atom. The summed E-state index contributed by atoms with van der Waals surface area (Å²) in [6.45, 7) is 0. The first-order valence-electron chi connectivity index (χ1n) is 4.24. The molecule has 0 saturated heterocycles. The number of pyridine rings is 1. The maximum absolute atomic E-state index is 5.46. The summed E-state index contributed by atoms with van der Waals surface area (Å²) in [4.78, 5) is 8.21. The standard InChI is InChI=1S/C10H7N3O/c11-10-13-8-7-4-2-1-3-6(7)5-12-9(8)14-10/h1-5H,(H2,11,13). The molecule has 14 heavy (non-hydrogen) atoms. The molecule has 1 aromatic carbocycles. The number of nitrogens with two attached hydrogens (primary N) is 1. The van der Waals surface area contributed by atoms with Crippen LogP contribution in [0.3, 0.4) is 0 Å². The average molecular weight is 185 g/mol. The summed E-state index contributed by atoms with van der Waals surface area (Å²) in [5, 5.41) is 2.05. The van der Waals surface area contributed by atoms with Gasteiger partial charge in [-0.1, -0.05) is 24.3 Å². The van der Waals surface area contributed by atoms with Gasteiger partial charge in [-0.2, -0.15) is 4.98 Å². The first-order chi connectivity index (χ1) is 6.84. The number of hydrogen-bond acceptors (Lipinski definition) is 4. The van der Waals surface area contributed by atoms with Gasteiger partial charge in [0.2, 0.25) is 5.71 Å². The van der Waals surface area contributed by atoms with E-state index in [0.29, 0.717) is 5.71 Å². The van der Waals surface area contributed by atoms with E-state index in [-0.39, 0.29) is 6.01 Å². The molecule has 0 bridgehead atoms. The Hall–Kier alpha value is -2.10. The normalized spacial score (nSPS) is 11.1. The zero-order valence-corrected chi connectivity index (χ0v) is 7.27. The van der Waals surface area contributed by atoms with Gasteiger partial charge in [0, 0.05) is 17.0 Å². The summed E-state index contributed by atoms with van der Waals surface area (Å²) >= 11 is 0. The predicted molar refractivity (Wildman–Crippen MR) is 53.7 cm³/mol. The van der Waals surface area contributed by atoms with Gasteiger partial charge in [0.25, 0.3) is 6.01 Å². The van der Waals surface area contributed by atoms with Gasteiger partial charge in [-0.15, -0.1) is 0 Å². The smallest absolute Gasteiger partial charge is 0.294 e. The minimum absolute atomic E-state index is 0.156. The molecule has 0 aliphatic carbocycles. The number of aromatic nitrogens is 2. The monoisotopic (exact) mass is 185 g/mol. The van der Waals surface area contributed by atoms with E-state index in [0.717, 1.165) is 16.3 Å². The number of hydrogen-bond donors (Lipinski definition) is 1. The quantitative estimate of drug-likeness (QED) is 0.581. The van der Waals surface area contributed by atoms with Crippen molar-refractivity contribution < 1.29 is 4.42 Å². The van der Waals surface area contributed by atoms with Crippen molar-refractivity contribution >= 4 is 28.0 Å². The van der Waals surface area contributed by atoms with Crippen molar-refractivity contribution in [3.8, 4) is 0 Å². The van der Waals surface area contributed by atoms with Crippen LogP contribution < -0.4 is 5.73 Å². The number of rotatable bonds is 0. The van der Waals surface area contributed by atoms with Crippen LogP contribution >= 0.6 is 0 Å². The molecule has 0 fully saturated rings. The number of nitrogen functional groups attached to an aromatic ring is 1. The van der Waals surface area contributed by atoms with Gasteiger partial charge in [0.05, 0.1) is 0 Å². The first kappa shape index (κ1) is 7.32. The van der Waals surface area contributed by atoms with Crippen molar-refractivity contribution in [2.75, 3.05) is 5.73 Å². The number of fused-ring (bicyclic) bond motifs is 3. The van der Waals surface area contributed by atoms with E-state index < -0.39 is 0 Å². The van der Waals surface area contributed by atoms with Crippen LogP contribution in [0.15, 0.2) is 34.9 Å². The Balaban J connectivity index is 2.60. The van der Waals surface area contributed by atoms with Gasteiger partial charge in [-0.25, -0.2) is 4.98 Å². The summed E-state index contributed by atoms with van der Waals surface area (Å²) in [7, 11) is 0. The zero-order chi connectivity index (χ0) is 9.54. The molecule has 4 heteroatoms.